The molecule has 2 aliphatic carbocycles. The Morgan fingerprint density at radius 1 is 0.955 bits per heavy atom. The fourth-order valence-corrected chi connectivity index (χ4v) is 3.76. The van der Waals surface area contributed by atoms with Crippen molar-refractivity contribution in [3.05, 3.63) is 0 Å². The minimum Gasteiger partial charge on any atom is -0.289 e. The highest BCUT2D eigenvalue weighted by molar-refractivity contribution is 9.09. The molecule has 7 heteroatoms. The van der Waals surface area contributed by atoms with Gasteiger partial charge in [0.05, 0.1) is 0 Å². The van der Waals surface area contributed by atoms with Crippen molar-refractivity contribution in [1.29, 1.82) is 0 Å². The van der Waals surface area contributed by atoms with Crippen molar-refractivity contribution in [3.63, 3.8) is 0 Å². The quantitative estimate of drug-likeness (QED) is 0.305. The molecule has 0 bridgehead atoms. The number of amides is 2. The van der Waals surface area contributed by atoms with Crippen molar-refractivity contribution < 1.29 is 14.8 Å². The van der Waals surface area contributed by atoms with Gasteiger partial charge in [-0.15, -0.1) is 0 Å². The second-order valence-corrected chi connectivity index (χ2v) is 7.59. The molecule has 0 saturated heterocycles. The second-order valence-electron chi connectivity index (χ2n) is 6.29. The number of carbonyl (C=O) groups is 2. The minimum absolute atomic E-state index is 0.0618. The highest BCUT2D eigenvalue weighted by Crippen LogP contribution is 2.29. The Morgan fingerprint density at radius 2 is 1.50 bits per heavy atom. The number of halogens is 1. The number of hydrogen-bond acceptors (Lipinski definition) is 4. The minimum atomic E-state index is -0.348. The molecular weight excluding hydrogens is 350 g/mol. The zero-order chi connectivity index (χ0) is 15.9. The van der Waals surface area contributed by atoms with E-state index in [1.54, 1.807) is 5.48 Å². The topological polar surface area (TPSA) is 90.8 Å². The lowest BCUT2D eigenvalue weighted by Crippen LogP contribution is -2.35. The number of hydrazone groups is 1. The Kier molecular flexibility index (Phi) is 6.82. The van der Waals surface area contributed by atoms with E-state index in [0.717, 1.165) is 25.7 Å². The second kappa shape index (κ2) is 8.62. The van der Waals surface area contributed by atoms with Gasteiger partial charge in [-0.25, -0.2) is 10.9 Å². The van der Waals surface area contributed by atoms with E-state index in [9.17, 15) is 9.59 Å². The Bertz CT molecular complexity index is 414. The number of nitrogens with zero attached hydrogens (tertiary/aromatic N) is 1. The molecule has 2 aliphatic rings. The Balaban J connectivity index is 1.69. The van der Waals surface area contributed by atoms with E-state index in [1.807, 2.05) is 6.21 Å². The van der Waals surface area contributed by atoms with Crippen LogP contribution < -0.4 is 10.9 Å². The molecule has 0 spiro atoms. The Hall–Kier alpha value is -0.950. The van der Waals surface area contributed by atoms with E-state index in [4.69, 9.17) is 5.21 Å². The first-order valence-corrected chi connectivity index (χ1v) is 8.92. The molecule has 2 amide bonds. The van der Waals surface area contributed by atoms with E-state index in [1.165, 1.54) is 0 Å². The number of alkyl halides is 1. The highest BCUT2D eigenvalue weighted by Gasteiger charge is 2.29. The van der Waals surface area contributed by atoms with Crippen LogP contribution >= 0.6 is 15.9 Å². The smallest absolute Gasteiger partial charge is 0.246 e. The summed E-state index contributed by atoms with van der Waals surface area (Å²) < 4.78 is 0. The standard InChI is InChI=1S/C15H24BrN3O3/c16-13-7-1-10(2-8-13)9-17-18-14(20)11-3-5-12(6-4-11)15(21)19-22/h9-13,22H,1-8H2,(H,18,20)(H,19,21)/b17-9+. The summed E-state index contributed by atoms with van der Waals surface area (Å²) in [6.45, 7) is 0. The third-order valence-corrected chi connectivity index (χ3v) is 5.66. The normalized spacial score (nSPS) is 32.6. The van der Waals surface area contributed by atoms with Crippen molar-refractivity contribution in [1.82, 2.24) is 10.9 Å². The number of carbonyl (C=O) groups excluding carboxylic acids is 2. The molecule has 0 radical (unpaired) electrons. The van der Waals surface area contributed by atoms with Crippen molar-refractivity contribution in [3.8, 4) is 0 Å². The molecule has 0 aromatic carbocycles. The summed E-state index contributed by atoms with van der Waals surface area (Å²) in [5, 5.41) is 12.7. The van der Waals surface area contributed by atoms with Gasteiger partial charge in [0.2, 0.25) is 11.8 Å². The lowest BCUT2D eigenvalue weighted by molar-refractivity contribution is -0.136. The molecule has 0 atom stereocenters. The average molecular weight is 374 g/mol. The summed E-state index contributed by atoms with van der Waals surface area (Å²) >= 11 is 3.62. The lowest BCUT2D eigenvalue weighted by atomic mass is 9.81. The summed E-state index contributed by atoms with van der Waals surface area (Å²) in [6, 6.07) is 0. The van der Waals surface area contributed by atoms with Gasteiger partial charge in [-0.1, -0.05) is 15.9 Å². The van der Waals surface area contributed by atoms with Crippen LogP contribution in [0.15, 0.2) is 5.10 Å². The molecule has 0 aromatic heterocycles. The monoisotopic (exact) mass is 373 g/mol. The van der Waals surface area contributed by atoms with Gasteiger partial charge in [0, 0.05) is 22.9 Å². The van der Waals surface area contributed by atoms with Crippen LogP contribution in [0.3, 0.4) is 0 Å². The molecular formula is C15H24BrN3O3. The first kappa shape index (κ1) is 17.4. The van der Waals surface area contributed by atoms with Gasteiger partial charge in [-0.05, 0) is 57.3 Å². The third-order valence-electron chi connectivity index (χ3n) is 4.74. The summed E-state index contributed by atoms with van der Waals surface area (Å²) in [4.78, 5) is 24.0. The number of nitrogens with one attached hydrogen (secondary N) is 2. The Labute approximate surface area is 139 Å². The zero-order valence-electron chi connectivity index (χ0n) is 12.6. The summed E-state index contributed by atoms with van der Waals surface area (Å²) in [5.41, 5.74) is 4.32. The van der Waals surface area contributed by atoms with Gasteiger partial charge in [0.25, 0.3) is 0 Å². The van der Waals surface area contributed by atoms with Gasteiger partial charge in [0.1, 0.15) is 0 Å². The third kappa shape index (κ3) is 5.05. The van der Waals surface area contributed by atoms with Crippen LogP contribution in [0.5, 0.6) is 0 Å². The van der Waals surface area contributed by atoms with Gasteiger partial charge < -0.3 is 0 Å². The first-order valence-electron chi connectivity index (χ1n) is 8.01. The maximum Gasteiger partial charge on any atom is 0.246 e. The van der Waals surface area contributed by atoms with Crippen LogP contribution in [0.25, 0.3) is 0 Å². The molecule has 0 heterocycles. The molecule has 124 valence electrons. The van der Waals surface area contributed by atoms with E-state index in [0.29, 0.717) is 36.4 Å². The highest BCUT2D eigenvalue weighted by atomic mass is 79.9. The van der Waals surface area contributed by atoms with Crippen molar-refractivity contribution in [2.24, 2.45) is 22.9 Å². The van der Waals surface area contributed by atoms with E-state index in [2.05, 4.69) is 26.5 Å². The summed E-state index contributed by atoms with van der Waals surface area (Å²) in [5.74, 6) is -0.221. The Morgan fingerprint density at radius 3 is 2.05 bits per heavy atom. The fraction of sp³-hybridized carbons (Fsp3) is 0.800. The van der Waals surface area contributed by atoms with E-state index in [-0.39, 0.29) is 23.7 Å². The first-order chi connectivity index (χ1) is 10.6. The van der Waals surface area contributed by atoms with E-state index < -0.39 is 0 Å². The number of hydrogen-bond donors (Lipinski definition) is 3. The van der Waals surface area contributed by atoms with Crippen molar-refractivity contribution in [2.75, 3.05) is 0 Å². The van der Waals surface area contributed by atoms with Crippen molar-refractivity contribution >= 4 is 34.0 Å². The zero-order valence-corrected chi connectivity index (χ0v) is 14.2. The van der Waals surface area contributed by atoms with Crippen LogP contribution in [0, 0.1) is 17.8 Å². The predicted molar refractivity (Wildman–Crippen MR) is 86.7 cm³/mol. The van der Waals surface area contributed by atoms with Gasteiger partial charge in [-0.2, -0.15) is 5.10 Å². The molecule has 22 heavy (non-hydrogen) atoms. The van der Waals surface area contributed by atoms with Crippen LogP contribution in [-0.4, -0.2) is 28.1 Å². The maximum absolute atomic E-state index is 12.1. The lowest BCUT2D eigenvalue weighted by Gasteiger charge is -2.25. The molecule has 6 nitrogen and oxygen atoms in total. The van der Waals surface area contributed by atoms with Gasteiger partial charge in [0.15, 0.2) is 0 Å². The van der Waals surface area contributed by atoms with Gasteiger partial charge >= 0.3 is 0 Å². The van der Waals surface area contributed by atoms with Gasteiger partial charge in [-0.3, -0.25) is 14.8 Å². The van der Waals surface area contributed by atoms with Crippen LogP contribution in [0.1, 0.15) is 51.4 Å². The van der Waals surface area contributed by atoms with E-state index >= 15 is 0 Å². The maximum atomic E-state index is 12.1. The molecule has 0 aromatic rings. The van der Waals surface area contributed by atoms with Crippen LogP contribution in [0.2, 0.25) is 0 Å². The average Bonchev–Trinajstić information content (AvgIpc) is 2.56. The van der Waals surface area contributed by atoms with Crippen LogP contribution in [0.4, 0.5) is 0 Å². The predicted octanol–water partition coefficient (Wildman–Crippen LogP) is 2.35. The number of rotatable bonds is 4. The van der Waals surface area contributed by atoms with Crippen LogP contribution in [-0.2, 0) is 9.59 Å². The molecule has 3 N–H and O–H groups in total. The molecule has 0 unspecified atom stereocenters. The molecule has 2 saturated carbocycles. The van der Waals surface area contributed by atoms with Crippen molar-refractivity contribution in [2.45, 2.75) is 56.2 Å². The molecule has 2 rings (SSSR count). The fourth-order valence-electron chi connectivity index (χ4n) is 3.23. The summed E-state index contributed by atoms with van der Waals surface area (Å²) in [7, 11) is 0. The SMILES string of the molecule is O=C(NO)C1CCC(C(=O)N/N=C/C2CCC(Br)CC2)CC1. The largest absolute Gasteiger partial charge is 0.289 e. The summed E-state index contributed by atoms with van der Waals surface area (Å²) in [6.07, 6.45) is 8.97. The molecule has 2 fully saturated rings. The molecule has 0 aliphatic heterocycles. The number of hydroxylamine groups is 1.